The van der Waals surface area contributed by atoms with Crippen molar-refractivity contribution in [1.29, 1.82) is 0 Å². The number of ether oxygens (including phenoxy) is 2. The smallest absolute Gasteiger partial charge is 0.161 e. The molecule has 0 aliphatic heterocycles. The van der Waals surface area contributed by atoms with Crippen LogP contribution < -0.4 is 15.2 Å². The molecular weight excluding hydrogens is 266 g/mol. The molecule has 0 amide bonds. The number of benzene rings is 1. The van der Waals surface area contributed by atoms with Gasteiger partial charge in [-0.05, 0) is 24.6 Å². The number of aliphatic hydroxyl groups is 1. The summed E-state index contributed by atoms with van der Waals surface area (Å²) in [7, 11) is 1.60. The molecular formula is C14H24ClNO3. The van der Waals surface area contributed by atoms with Crippen molar-refractivity contribution in [3.8, 4) is 11.5 Å². The fourth-order valence-corrected chi connectivity index (χ4v) is 1.70. The summed E-state index contributed by atoms with van der Waals surface area (Å²) in [6.07, 6.45) is 0. The first-order valence-corrected chi connectivity index (χ1v) is 6.13. The van der Waals surface area contributed by atoms with Crippen molar-refractivity contribution in [2.24, 2.45) is 11.1 Å². The van der Waals surface area contributed by atoms with E-state index in [0.717, 1.165) is 5.56 Å². The van der Waals surface area contributed by atoms with Crippen molar-refractivity contribution >= 4 is 12.4 Å². The molecule has 0 fully saturated rings. The molecule has 0 heterocycles. The summed E-state index contributed by atoms with van der Waals surface area (Å²) in [5, 5.41) is 9.36. The first-order valence-electron chi connectivity index (χ1n) is 6.13. The van der Waals surface area contributed by atoms with Crippen LogP contribution in [0.2, 0.25) is 0 Å². The summed E-state index contributed by atoms with van der Waals surface area (Å²) in [5.41, 5.74) is 6.72. The normalized spacial score (nSPS) is 12.5. The Morgan fingerprint density at radius 1 is 1.32 bits per heavy atom. The minimum absolute atomic E-state index is 0. The van der Waals surface area contributed by atoms with Crippen molar-refractivity contribution in [3.63, 3.8) is 0 Å². The minimum atomic E-state index is -0.377. The summed E-state index contributed by atoms with van der Waals surface area (Å²) < 4.78 is 10.8. The monoisotopic (exact) mass is 289 g/mol. The maximum atomic E-state index is 9.36. The third-order valence-corrected chi connectivity index (χ3v) is 3.10. The van der Waals surface area contributed by atoms with Gasteiger partial charge >= 0.3 is 0 Å². The second kappa shape index (κ2) is 7.58. The molecule has 1 rings (SSSR count). The highest BCUT2D eigenvalue weighted by atomic mass is 35.5. The Hall–Kier alpha value is -0.970. The molecule has 3 N–H and O–H groups in total. The van der Waals surface area contributed by atoms with Gasteiger partial charge in [-0.15, -0.1) is 12.4 Å². The van der Waals surface area contributed by atoms with E-state index >= 15 is 0 Å². The van der Waals surface area contributed by atoms with Crippen LogP contribution in [0.25, 0.3) is 0 Å². The molecule has 0 bridgehead atoms. The van der Waals surface area contributed by atoms with E-state index in [0.29, 0.717) is 18.1 Å². The summed E-state index contributed by atoms with van der Waals surface area (Å²) in [6.45, 7) is 6.41. The molecule has 5 heteroatoms. The van der Waals surface area contributed by atoms with E-state index in [2.05, 4.69) is 0 Å². The van der Waals surface area contributed by atoms with Gasteiger partial charge in [0.05, 0.1) is 13.7 Å². The lowest BCUT2D eigenvalue weighted by atomic mass is 9.82. The summed E-state index contributed by atoms with van der Waals surface area (Å²) in [6, 6.07) is 5.38. The number of methoxy groups -OCH3 is 1. The number of hydrogen-bond acceptors (Lipinski definition) is 4. The van der Waals surface area contributed by atoms with E-state index in [9.17, 15) is 5.11 Å². The van der Waals surface area contributed by atoms with Crippen LogP contribution in [0, 0.1) is 5.41 Å². The van der Waals surface area contributed by atoms with Gasteiger partial charge in [-0.3, -0.25) is 0 Å². The summed E-state index contributed by atoms with van der Waals surface area (Å²) >= 11 is 0. The number of hydrogen-bond donors (Lipinski definition) is 2. The number of halogens is 1. The van der Waals surface area contributed by atoms with Gasteiger partial charge in [0.2, 0.25) is 0 Å². The molecule has 0 unspecified atom stereocenters. The lowest BCUT2D eigenvalue weighted by Gasteiger charge is -2.30. The van der Waals surface area contributed by atoms with Gasteiger partial charge < -0.3 is 20.3 Å². The molecule has 0 radical (unpaired) electrons. The third kappa shape index (κ3) is 4.27. The lowest BCUT2D eigenvalue weighted by Crippen LogP contribution is -2.32. The molecule has 1 aromatic carbocycles. The van der Waals surface area contributed by atoms with Crippen LogP contribution in [0.15, 0.2) is 18.2 Å². The van der Waals surface area contributed by atoms with Crippen molar-refractivity contribution in [2.45, 2.75) is 26.8 Å². The summed E-state index contributed by atoms with van der Waals surface area (Å²) in [5.74, 6) is 1.37. The van der Waals surface area contributed by atoms with Crippen LogP contribution in [-0.2, 0) is 0 Å². The van der Waals surface area contributed by atoms with E-state index in [1.165, 1.54) is 0 Å². The van der Waals surface area contributed by atoms with E-state index in [-0.39, 0.29) is 30.5 Å². The Morgan fingerprint density at radius 3 is 2.42 bits per heavy atom. The molecule has 0 saturated carbocycles. The van der Waals surface area contributed by atoms with Crippen LogP contribution in [0.4, 0.5) is 0 Å². The molecule has 0 aliphatic carbocycles. The van der Waals surface area contributed by atoms with Gasteiger partial charge in [0.1, 0.15) is 0 Å². The molecule has 0 aromatic heterocycles. The first-order chi connectivity index (χ1) is 8.46. The maximum absolute atomic E-state index is 9.36. The zero-order valence-electron chi connectivity index (χ0n) is 12.0. The third-order valence-electron chi connectivity index (χ3n) is 3.10. The van der Waals surface area contributed by atoms with Gasteiger partial charge in [0.15, 0.2) is 11.5 Å². The van der Waals surface area contributed by atoms with Gasteiger partial charge in [-0.1, -0.05) is 19.9 Å². The van der Waals surface area contributed by atoms with Crippen LogP contribution >= 0.6 is 12.4 Å². The molecule has 0 saturated heterocycles. The highest BCUT2D eigenvalue weighted by Crippen LogP contribution is 2.35. The molecule has 4 nitrogen and oxygen atoms in total. The second-order valence-electron chi connectivity index (χ2n) is 4.97. The Balaban J connectivity index is 0.00000324. The van der Waals surface area contributed by atoms with Crippen molar-refractivity contribution < 1.29 is 14.6 Å². The van der Waals surface area contributed by atoms with E-state index in [1.54, 1.807) is 7.11 Å². The van der Waals surface area contributed by atoms with Crippen molar-refractivity contribution in [3.05, 3.63) is 23.8 Å². The zero-order chi connectivity index (χ0) is 13.8. The van der Waals surface area contributed by atoms with Crippen LogP contribution in [0.3, 0.4) is 0 Å². The predicted octanol–water partition coefficient (Wildman–Crippen LogP) is 2.53. The Labute approximate surface area is 121 Å². The van der Waals surface area contributed by atoms with Crippen LogP contribution in [0.5, 0.6) is 11.5 Å². The zero-order valence-corrected chi connectivity index (χ0v) is 12.8. The Bertz CT molecular complexity index is 396. The highest BCUT2D eigenvalue weighted by molar-refractivity contribution is 5.85. The fraction of sp³-hybridized carbons (Fsp3) is 0.571. The number of nitrogens with two attached hydrogens (primary N) is 1. The van der Waals surface area contributed by atoms with Crippen molar-refractivity contribution in [1.82, 2.24) is 0 Å². The quantitative estimate of drug-likeness (QED) is 0.845. The number of aliphatic hydroxyl groups excluding tert-OH is 1. The van der Waals surface area contributed by atoms with E-state index in [1.807, 2.05) is 39.0 Å². The van der Waals surface area contributed by atoms with E-state index < -0.39 is 0 Å². The average Bonchev–Trinajstić information content (AvgIpc) is 2.38. The van der Waals surface area contributed by atoms with Gasteiger partial charge in [-0.2, -0.15) is 0 Å². The predicted molar refractivity (Wildman–Crippen MR) is 79.2 cm³/mol. The van der Waals surface area contributed by atoms with Crippen molar-refractivity contribution in [2.75, 3.05) is 20.3 Å². The second-order valence-corrected chi connectivity index (χ2v) is 4.97. The largest absolute Gasteiger partial charge is 0.493 e. The first kappa shape index (κ1) is 18.0. The van der Waals surface area contributed by atoms with Gasteiger partial charge in [0, 0.05) is 18.1 Å². The van der Waals surface area contributed by atoms with Crippen LogP contribution in [0.1, 0.15) is 32.4 Å². The van der Waals surface area contributed by atoms with Gasteiger partial charge in [-0.25, -0.2) is 0 Å². The molecule has 0 aliphatic rings. The standard InChI is InChI=1S/C14H23NO3.ClH/c1-5-18-11-7-6-10(8-12(11)17-4)13(15)14(2,3)9-16;/h6-8,13,16H,5,9,15H2,1-4H3;1H/t13-;/m1./s1. The topological polar surface area (TPSA) is 64.7 Å². The molecule has 19 heavy (non-hydrogen) atoms. The highest BCUT2D eigenvalue weighted by Gasteiger charge is 2.27. The van der Waals surface area contributed by atoms with Crippen LogP contribution in [-0.4, -0.2) is 25.4 Å². The average molecular weight is 290 g/mol. The Kier molecular flexibility index (Phi) is 7.19. The SMILES string of the molecule is CCOc1ccc([C@@H](N)C(C)(C)CO)cc1OC.Cl. The van der Waals surface area contributed by atoms with Gasteiger partial charge in [0.25, 0.3) is 0 Å². The Morgan fingerprint density at radius 2 is 1.95 bits per heavy atom. The minimum Gasteiger partial charge on any atom is -0.493 e. The molecule has 0 spiro atoms. The molecule has 1 aromatic rings. The number of rotatable bonds is 6. The molecule has 110 valence electrons. The maximum Gasteiger partial charge on any atom is 0.161 e. The lowest BCUT2D eigenvalue weighted by molar-refractivity contribution is 0.132. The molecule has 1 atom stereocenters. The summed E-state index contributed by atoms with van der Waals surface area (Å²) in [4.78, 5) is 0. The van der Waals surface area contributed by atoms with E-state index in [4.69, 9.17) is 15.2 Å². The fourth-order valence-electron chi connectivity index (χ4n) is 1.70.